The predicted octanol–water partition coefficient (Wildman–Crippen LogP) is 7.47. The third kappa shape index (κ3) is 4.56. The van der Waals surface area contributed by atoms with Crippen molar-refractivity contribution in [3.63, 3.8) is 0 Å². The maximum absolute atomic E-state index is 12.8. The van der Waals surface area contributed by atoms with Gasteiger partial charge in [-0.1, -0.05) is 36.4 Å². The molecular weight excluding hydrogens is 410 g/mol. The Bertz CT molecular complexity index is 1350. The van der Waals surface area contributed by atoms with Gasteiger partial charge in [0.25, 0.3) is 0 Å². The van der Waals surface area contributed by atoms with Crippen molar-refractivity contribution >= 4 is 28.1 Å². The van der Waals surface area contributed by atoms with E-state index in [0.717, 1.165) is 55.8 Å². The second-order valence-electron chi connectivity index (χ2n) is 8.32. The molecule has 4 aromatic rings. The highest BCUT2D eigenvalue weighted by atomic mass is 16.5. The van der Waals surface area contributed by atoms with E-state index in [1.165, 1.54) is 5.56 Å². The molecule has 33 heavy (non-hydrogen) atoms. The summed E-state index contributed by atoms with van der Waals surface area (Å²) >= 11 is 0. The molecule has 0 unspecified atom stereocenters. The first-order chi connectivity index (χ1) is 15.9. The van der Waals surface area contributed by atoms with Gasteiger partial charge in [0.1, 0.15) is 11.3 Å². The van der Waals surface area contributed by atoms with E-state index >= 15 is 0 Å². The van der Waals surface area contributed by atoms with E-state index in [1.807, 2.05) is 64.1 Å². The smallest absolute Gasteiger partial charge is 0.248 e. The first-order valence-corrected chi connectivity index (χ1v) is 11.2. The van der Waals surface area contributed by atoms with Gasteiger partial charge >= 0.3 is 0 Å². The number of anilines is 1. The minimum Gasteiger partial charge on any atom is -0.493 e. The summed E-state index contributed by atoms with van der Waals surface area (Å²) in [4.78, 5) is 12.8. The lowest BCUT2D eigenvalue weighted by atomic mass is 9.96. The fourth-order valence-electron chi connectivity index (χ4n) is 4.05. The highest BCUT2D eigenvalue weighted by Crippen LogP contribution is 2.40. The molecule has 0 aliphatic rings. The number of fused-ring (bicyclic) bond motifs is 1. The second kappa shape index (κ2) is 9.37. The van der Waals surface area contributed by atoms with Crippen molar-refractivity contribution in [2.75, 3.05) is 11.9 Å². The van der Waals surface area contributed by atoms with E-state index < -0.39 is 0 Å². The second-order valence-corrected chi connectivity index (χ2v) is 8.32. The van der Waals surface area contributed by atoms with E-state index in [2.05, 4.69) is 30.4 Å². The number of ether oxygens (including phenoxy) is 1. The van der Waals surface area contributed by atoms with Crippen LogP contribution in [0.3, 0.4) is 0 Å². The Kier molecular flexibility index (Phi) is 6.36. The van der Waals surface area contributed by atoms with Gasteiger partial charge in [0.05, 0.1) is 12.9 Å². The first kappa shape index (κ1) is 22.4. The van der Waals surface area contributed by atoms with Crippen molar-refractivity contribution in [1.29, 1.82) is 0 Å². The quantitative estimate of drug-likeness (QED) is 0.317. The summed E-state index contributed by atoms with van der Waals surface area (Å²) in [6, 6.07) is 18.1. The summed E-state index contributed by atoms with van der Waals surface area (Å²) in [5.74, 6) is 0.568. The van der Waals surface area contributed by atoms with Gasteiger partial charge in [-0.15, -0.1) is 0 Å². The standard InChI is InChI=1S/C29H29NO3/c1-6-32-28-21(5)29-25(26(17-33-29)22-10-8-7-9-11-22)16-24(28)20(4)15-27(31)30-23-13-12-18(2)19(3)14-23/h7-17H,6H2,1-5H3,(H,30,31)/b20-15+. The van der Waals surface area contributed by atoms with Crippen LogP contribution >= 0.6 is 0 Å². The molecule has 0 saturated carbocycles. The Morgan fingerprint density at radius 2 is 1.79 bits per heavy atom. The highest BCUT2D eigenvalue weighted by Gasteiger charge is 2.19. The number of nitrogens with one attached hydrogen (secondary N) is 1. The molecule has 4 nitrogen and oxygen atoms in total. The molecule has 0 aliphatic heterocycles. The molecule has 0 atom stereocenters. The van der Waals surface area contributed by atoms with Crippen LogP contribution < -0.4 is 10.1 Å². The van der Waals surface area contributed by atoms with Gasteiger partial charge in [-0.2, -0.15) is 0 Å². The fourth-order valence-corrected chi connectivity index (χ4v) is 4.05. The number of aryl methyl sites for hydroxylation is 3. The zero-order chi connectivity index (χ0) is 23.5. The summed E-state index contributed by atoms with van der Waals surface area (Å²) in [5, 5.41) is 3.97. The average Bonchev–Trinajstić information content (AvgIpc) is 3.23. The first-order valence-electron chi connectivity index (χ1n) is 11.2. The fraction of sp³-hybridized carbons (Fsp3) is 0.207. The minimum atomic E-state index is -0.175. The molecule has 1 amide bonds. The van der Waals surface area contributed by atoms with Crippen molar-refractivity contribution in [3.8, 4) is 16.9 Å². The van der Waals surface area contributed by atoms with Crippen molar-refractivity contribution in [2.24, 2.45) is 0 Å². The Balaban J connectivity index is 1.76. The van der Waals surface area contributed by atoms with E-state index in [1.54, 1.807) is 12.3 Å². The average molecular weight is 440 g/mol. The third-order valence-corrected chi connectivity index (χ3v) is 5.96. The number of benzene rings is 3. The lowest BCUT2D eigenvalue weighted by molar-refractivity contribution is -0.111. The van der Waals surface area contributed by atoms with Crippen LogP contribution in [-0.4, -0.2) is 12.5 Å². The van der Waals surface area contributed by atoms with Gasteiger partial charge in [0.2, 0.25) is 5.91 Å². The van der Waals surface area contributed by atoms with Crippen molar-refractivity contribution in [3.05, 3.63) is 89.2 Å². The monoisotopic (exact) mass is 439 g/mol. The predicted molar refractivity (Wildman–Crippen MR) is 136 cm³/mol. The van der Waals surface area contributed by atoms with Gasteiger partial charge in [-0.3, -0.25) is 4.79 Å². The van der Waals surface area contributed by atoms with Crippen molar-refractivity contribution < 1.29 is 13.9 Å². The van der Waals surface area contributed by atoms with E-state index in [0.29, 0.717) is 6.61 Å². The van der Waals surface area contributed by atoms with Gasteiger partial charge in [-0.25, -0.2) is 0 Å². The Hall–Kier alpha value is -3.79. The molecule has 0 fully saturated rings. The summed E-state index contributed by atoms with van der Waals surface area (Å²) < 4.78 is 12.0. The summed E-state index contributed by atoms with van der Waals surface area (Å²) in [7, 11) is 0. The normalized spacial score (nSPS) is 11.6. The van der Waals surface area contributed by atoms with Crippen LogP contribution in [0.1, 0.15) is 36.1 Å². The van der Waals surface area contributed by atoms with Gasteiger partial charge < -0.3 is 14.5 Å². The molecular formula is C29H29NO3. The molecule has 0 spiro atoms. The molecule has 0 saturated heterocycles. The molecule has 3 aromatic carbocycles. The van der Waals surface area contributed by atoms with Crippen LogP contribution in [0.4, 0.5) is 5.69 Å². The van der Waals surface area contributed by atoms with Gasteiger partial charge in [-0.05, 0) is 75.1 Å². The number of amides is 1. The molecule has 0 aliphatic carbocycles. The highest BCUT2D eigenvalue weighted by molar-refractivity contribution is 6.06. The third-order valence-electron chi connectivity index (χ3n) is 5.96. The molecule has 0 bridgehead atoms. The summed E-state index contributed by atoms with van der Waals surface area (Å²) in [6.07, 6.45) is 3.42. The molecule has 1 heterocycles. The number of furan rings is 1. The molecule has 4 rings (SSSR count). The van der Waals surface area contributed by atoms with Gasteiger partial charge in [0, 0.05) is 33.8 Å². The zero-order valence-electron chi connectivity index (χ0n) is 19.8. The lowest BCUT2D eigenvalue weighted by Crippen LogP contribution is -2.09. The van der Waals surface area contributed by atoms with E-state index in [9.17, 15) is 4.79 Å². The summed E-state index contributed by atoms with van der Waals surface area (Å²) in [6.45, 7) is 10.5. The number of rotatable bonds is 6. The molecule has 4 heteroatoms. The molecule has 1 N–H and O–H groups in total. The Morgan fingerprint density at radius 1 is 1.03 bits per heavy atom. The van der Waals surface area contributed by atoms with Gasteiger partial charge in [0.15, 0.2) is 0 Å². The van der Waals surface area contributed by atoms with Crippen LogP contribution in [0.2, 0.25) is 0 Å². The number of carbonyl (C=O) groups is 1. The largest absolute Gasteiger partial charge is 0.493 e. The van der Waals surface area contributed by atoms with Crippen molar-refractivity contribution in [1.82, 2.24) is 0 Å². The molecule has 168 valence electrons. The number of hydrogen-bond donors (Lipinski definition) is 1. The Labute approximate surface area is 194 Å². The number of allylic oxidation sites excluding steroid dienone is 1. The maximum atomic E-state index is 12.8. The lowest BCUT2D eigenvalue weighted by Gasteiger charge is -2.15. The minimum absolute atomic E-state index is 0.175. The van der Waals surface area contributed by atoms with Crippen LogP contribution in [0.25, 0.3) is 27.7 Å². The maximum Gasteiger partial charge on any atom is 0.248 e. The SMILES string of the molecule is CCOc1c(/C(C)=C/C(=O)Nc2ccc(C)c(C)c2)cc2c(-c3ccccc3)coc2c1C. The van der Waals surface area contributed by atoms with Crippen molar-refractivity contribution in [2.45, 2.75) is 34.6 Å². The zero-order valence-corrected chi connectivity index (χ0v) is 19.8. The number of hydrogen-bond acceptors (Lipinski definition) is 3. The molecule has 0 radical (unpaired) electrons. The van der Waals surface area contributed by atoms with E-state index in [4.69, 9.17) is 9.15 Å². The topological polar surface area (TPSA) is 51.5 Å². The molecule has 1 aromatic heterocycles. The van der Waals surface area contributed by atoms with Crippen LogP contribution in [0, 0.1) is 20.8 Å². The number of carbonyl (C=O) groups excluding carboxylic acids is 1. The summed E-state index contributed by atoms with van der Waals surface area (Å²) in [5.41, 5.74) is 8.65. The van der Waals surface area contributed by atoms with Crippen LogP contribution in [0.15, 0.2) is 71.4 Å². The van der Waals surface area contributed by atoms with Crippen LogP contribution in [0.5, 0.6) is 5.75 Å². The Morgan fingerprint density at radius 3 is 2.48 bits per heavy atom. The van der Waals surface area contributed by atoms with E-state index in [-0.39, 0.29) is 5.91 Å². The van der Waals surface area contributed by atoms with Crippen LogP contribution in [-0.2, 0) is 4.79 Å².